The Kier molecular flexibility index (Phi) is 5.62. The number of rotatable bonds is 6. The quantitative estimate of drug-likeness (QED) is 0.865. The summed E-state index contributed by atoms with van der Waals surface area (Å²) in [6.45, 7) is 0. The Morgan fingerprint density at radius 3 is 2.61 bits per heavy atom. The Morgan fingerprint density at radius 2 is 2.11 bits per heavy atom. The Bertz CT molecular complexity index is 502. The maximum atomic E-state index is 11.0. The summed E-state index contributed by atoms with van der Waals surface area (Å²) in [7, 11) is -1.30. The van der Waals surface area contributed by atoms with Crippen molar-refractivity contribution in [3.63, 3.8) is 0 Å². The van der Waals surface area contributed by atoms with Crippen LogP contribution >= 0.6 is 15.9 Å². The van der Waals surface area contributed by atoms with E-state index in [0.717, 1.165) is 15.8 Å². The molecule has 0 saturated carbocycles. The zero-order chi connectivity index (χ0) is 13.8. The first-order valence-electron chi connectivity index (χ1n) is 5.60. The van der Waals surface area contributed by atoms with Gasteiger partial charge in [-0.3, -0.25) is 0 Å². The Balaban J connectivity index is 2.62. The lowest BCUT2D eigenvalue weighted by atomic mass is 10.0. The van der Waals surface area contributed by atoms with E-state index in [0.29, 0.717) is 12.8 Å². The molecule has 0 bridgehead atoms. The molecule has 0 fully saturated rings. The van der Waals surface area contributed by atoms with E-state index >= 15 is 0 Å². The third kappa shape index (κ3) is 4.96. The predicted molar refractivity (Wildman–Crippen MR) is 76.6 cm³/mol. The second-order valence-corrected chi connectivity index (χ2v) is 7.39. The molecule has 0 amide bonds. The molecule has 102 valence electrons. The molecule has 0 saturated heterocycles. The largest absolute Gasteiger partial charge is 0.496 e. The van der Waals surface area contributed by atoms with Crippen LogP contribution in [0.15, 0.2) is 22.7 Å². The van der Waals surface area contributed by atoms with Crippen molar-refractivity contribution in [3.8, 4) is 5.75 Å². The number of hydrogen-bond acceptors (Lipinski definition) is 4. The fourth-order valence-electron chi connectivity index (χ4n) is 1.65. The van der Waals surface area contributed by atoms with Crippen molar-refractivity contribution in [1.29, 1.82) is 0 Å². The van der Waals surface area contributed by atoms with Crippen LogP contribution in [0.25, 0.3) is 0 Å². The average Bonchev–Trinajstić information content (AvgIpc) is 2.27. The number of halogens is 1. The molecule has 0 heterocycles. The SMILES string of the molecule is COc1ccc(C(N)CCCS(C)(=O)=O)cc1Br. The van der Waals surface area contributed by atoms with E-state index in [2.05, 4.69) is 15.9 Å². The van der Waals surface area contributed by atoms with E-state index in [1.165, 1.54) is 6.26 Å². The minimum atomic E-state index is -2.91. The minimum Gasteiger partial charge on any atom is -0.496 e. The van der Waals surface area contributed by atoms with E-state index in [1.54, 1.807) is 7.11 Å². The first-order valence-corrected chi connectivity index (χ1v) is 8.45. The van der Waals surface area contributed by atoms with Crippen LogP contribution in [-0.4, -0.2) is 27.5 Å². The summed E-state index contributed by atoms with van der Waals surface area (Å²) in [6, 6.07) is 5.49. The number of benzene rings is 1. The predicted octanol–water partition coefficient (Wildman–Crippen LogP) is 2.28. The highest BCUT2D eigenvalue weighted by molar-refractivity contribution is 9.10. The standard InChI is InChI=1S/C12H18BrNO3S/c1-17-12-6-5-9(8-10(12)13)11(14)4-3-7-18(2,15)16/h5-6,8,11H,3-4,7,14H2,1-2H3. The molecule has 0 aliphatic heterocycles. The zero-order valence-electron chi connectivity index (χ0n) is 10.5. The van der Waals surface area contributed by atoms with Gasteiger partial charge in [0.1, 0.15) is 15.6 Å². The molecular weight excluding hydrogens is 318 g/mol. The lowest BCUT2D eigenvalue weighted by molar-refractivity contribution is 0.411. The Labute approximate surface area is 117 Å². The first kappa shape index (κ1) is 15.5. The molecule has 1 atom stereocenters. The summed E-state index contributed by atoms with van der Waals surface area (Å²) in [5.41, 5.74) is 7.00. The maximum Gasteiger partial charge on any atom is 0.147 e. The molecule has 2 N–H and O–H groups in total. The summed E-state index contributed by atoms with van der Waals surface area (Å²) < 4.78 is 28.0. The number of ether oxygens (including phenoxy) is 1. The first-order chi connectivity index (χ1) is 8.33. The van der Waals surface area contributed by atoms with Crippen LogP contribution in [0.1, 0.15) is 24.4 Å². The van der Waals surface area contributed by atoms with Crippen LogP contribution in [0.2, 0.25) is 0 Å². The van der Waals surface area contributed by atoms with Gasteiger partial charge in [0.05, 0.1) is 11.6 Å². The van der Waals surface area contributed by atoms with E-state index < -0.39 is 9.84 Å². The highest BCUT2D eigenvalue weighted by atomic mass is 79.9. The maximum absolute atomic E-state index is 11.0. The molecule has 1 aromatic carbocycles. The van der Waals surface area contributed by atoms with Crippen molar-refractivity contribution in [2.45, 2.75) is 18.9 Å². The van der Waals surface area contributed by atoms with Crippen LogP contribution in [0.4, 0.5) is 0 Å². The monoisotopic (exact) mass is 335 g/mol. The van der Waals surface area contributed by atoms with E-state index in [4.69, 9.17) is 10.5 Å². The second kappa shape index (κ2) is 6.54. The molecular formula is C12H18BrNO3S. The van der Waals surface area contributed by atoms with Crippen molar-refractivity contribution < 1.29 is 13.2 Å². The van der Waals surface area contributed by atoms with E-state index in [1.807, 2.05) is 18.2 Å². The molecule has 0 aliphatic rings. The molecule has 0 spiro atoms. The van der Waals surface area contributed by atoms with Gasteiger partial charge in [-0.1, -0.05) is 6.07 Å². The number of sulfone groups is 1. The summed E-state index contributed by atoms with van der Waals surface area (Å²) in [5.74, 6) is 0.931. The number of methoxy groups -OCH3 is 1. The van der Waals surface area contributed by atoms with Crippen molar-refractivity contribution in [3.05, 3.63) is 28.2 Å². The van der Waals surface area contributed by atoms with Crippen LogP contribution in [0, 0.1) is 0 Å². The summed E-state index contributed by atoms with van der Waals surface area (Å²) in [4.78, 5) is 0. The summed E-state index contributed by atoms with van der Waals surface area (Å²) in [6.07, 6.45) is 2.46. The lowest BCUT2D eigenvalue weighted by Gasteiger charge is -2.13. The Hall–Kier alpha value is -0.590. The molecule has 1 unspecified atom stereocenters. The van der Waals surface area contributed by atoms with Crippen LogP contribution in [0.3, 0.4) is 0 Å². The van der Waals surface area contributed by atoms with Gasteiger partial charge in [-0.15, -0.1) is 0 Å². The van der Waals surface area contributed by atoms with Crippen LogP contribution in [-0.2, 0) is 9.84 Å². The zero-order valence-corrected chi connectivity index (χ0v) is 12.9. The van der Waals surface area contributed by atoms with Gasteiger partial charge in [0, 0.05) is 18.1 Å². The second-order valence-electron chi connectivity index (χ2n) is 4.27. The molecule has 1 rings (SSSR count). The third-order valence-corrected chi connectivity index (χ3v) is 4.28. The highest BCUT2D eigenvalue weighted by Crippen LogP contribution is 2.28. The fraction of sp³-hybridized carbons (Fsp3) is 0.500. The highest BCUT2D eigenvalue weighted by Gasteiger charge is 2.10. The molecule has 6 heteroatoms. The van der Waals surface area contributed by atoms with Crippen molar-refractivity contribution in [2.75, 3.05) is 19.1 Å². The molecule has 0 radical (unpaired) electrons. The third-order valence-electron chi connectivity index (χ3n) is 2.63. The topological polar surface area (TPSA) is 69.4 Å². The van der Waals surface area contributed by atoms with Gasteiger partial charge in [-0.2, -0.15) is 0 Å². The molecule has 4 nitrogen and oxygen atoms in total. The van der Waals surface area contributed by atoms with E-state index in [-0.39, 0.29) is 11.8 Å². The number of hydrogen-bond donors (Lipinski definition) is 1. The summed E-state index contributed by atoms with van der Waals surface area (Å²) >= 11 is 3.40. The molecule has 0 aliphatic carbocycles. The van der Waals surface area contributed by atoms with Gasteiger partial charge in [0.2, 0.25) is 0 Å². The van der Waals surface area contributed by atoms with Crippen molar-refractivity contribution in [2.24, 2.45) is 5.73 Å². The fourth-order valence-corrected chi connectivity index (χ4v) is 2.89. The van der Waals surface area contributed by atoms with Crippen molar-refractivity contribution >= 4 is 25.8 Å². The van der Waals surface area contributed by atoms with Gasteiger partial charge in [-0.05, 0) is 46.5 Å². The van der Waals surface area contributed by atoms with Gasteiger partial charge in [0.25, 0.3) is 0 Å². The van der Waals surface area contributed by atoms with E-state index in [9.17, 15) is 8.42 Å². The lowest BCUT2D eigenvalue weighted by Crippen LogP contribution is -2.12. The van der Waals surface area contributed by atoms with Crippen molar-refractivity contribution in [1.82, 2.24) is 0 Å². The van der Waals surface area contributed by atoms with Crippen LogP contribution < -0.4 is 10.5 Å². The molecule has 18 heavy (non-hydrogen) atoms. The Morgan fingerprint density at radius 1 is 1.44 bits per heavy atom. The molecule has 1 aromatic rings. The van der Waals surface area contributed by atoms with Gasteiger partial charge in [0.15, 0.2) is 0 Å². The number of nitrogens with two attached hydrogens (primary N) is 1. The van der Waals surface area contributed by atoms with Gasteiger partial charge in [-0.25, -0.2) is 8.42 Å². The normalized spacial score (nSPS) is 13.3. The molecule has 0 aromatic heterocycles. The van der Waals surface area contributed by atoms with Crippen LogP contribution in [0.5, 0.6) is 5.75 Å². The van der Waals surface area contributed by atoms with Gasteiger partial charge < -0.3 is 10.5 Å². The summed E-state index contributed by atoms with van der Waals surface area (Å²) in [5, 5.41) is 0. The smallest absolute Gasteiger partial charge is 0.147 e. The average molecular weight is 336 g/mol. The minimum absolute atomic E-state index is 0.158. The van der Waals surface area contributed by atoms with Gasteiger partial charge >= 0.3 is 0 Å².